The van der Waals surface area contributed by atoms with E-state index in [1.54, 1.807) is 0 Å². The average molecular weight is 367 g/mol. The summed E-state index contributed by atoms with van der Waals surface area (Å²) in [4.78, 5) is 3.41. The number of rotatable bonds is 3. The second-order valence-corrected chi connectivity index (χ2v) is 5.28. The van der Waals surface area contributed by atoms with Crippen LogP contribution in [0.5, 0.6) is 11.5 Å². The summed E-state index contributed by atoms with van der Waals surface area (Å²) in [5, 5.41) is 9.52. The minimum atomic E-state index is -4.96. The number of fused-ring (bicyclic) bond motifs is 1. The van der Waals surface area contributed by atoms with Gasteiger partial charge in [0, 0.05) is 17.2 Å². The summed E-state index contributed by atoms with van der Waals surface area (Å²) in [6, 6.07) is 1.87. The van der Waals surface area contributed by atoms with Gasteiger partial charge in [-0.05, 0) is 12.1 Å². The van der Waals surface area contributed by atoms with Crippen LogP contribution in [0.1, 0.15) is 29.2 Å². The number of hydrogen-bond donors (Lipinski definition) is 1. The van der Waals surface area contributed by atoms with Gasteiger partial charge in [-0.1, -0.05) is 0 Å². The largest absolute Gasteiger partial charge is 0.455 e. The highest BCUT2D eigenvalue weighted by Crippen LogP contribution is 2.60. The third kappa shape index (κ3) is 2.51. The van der Waals surface area contributed by atoms with Crippen LogP contribution in [0.2, 0.25) is 0 Å². The highest BCUT2D eigenvalue weighted by molar-refractivity contribution is 5.54. The van der Waals surface area contributed by atoms with Crippen LogP contribution >= 0.6 is 0 Å². The number of halogens is 7. The Morgan fingerprint density at radius 1 is 1.12 bits per heavy atom. The zero-order valence-corrected chi connectivity index (χ0v) is 12.0. The Balaban J connectivity index is 2.17. The lowest BCUT2D eigenvalue weighted by molar-refractivity contribution is -0.246. The Bertz CT molecular complexity index is 826. The van der Waals surface area contributed by atoms with Crippen LogP contribution < -0.4 is 4.74 Å². The maximum atomic E-state index is 13.8. The van der Waals surface area contributed by atoms with Gasteiger partial charge in [0.25, 0.3) is 6.43 Å². The van der Waals surface area contributed by atoms with Crippen molar-refractivity contribution in [2.24, 2.45) is 0 Å². The zero-order valence-electron chi connectivity index (χ0n) is 12.0. The summed E-state index contributed by atoms with van der Waals surface area (Å²) in [5.41, 5.74) is -4.03. The standard InChI is InChI=1S/C15H8F7NO2/c16-6-3-7(5-23-4-6)25-9-2-1-8-10(11(9)13(17)18)12(24)15(21,22)14(8,19)20/h1-5,12-13,24H. The van der Waals surface area contributed by atoms with Gasteiger partial charge in [0.15, 0.2) is 6.10 Å². The third-order valence-electron chi connectivity index (χ3n) is 3.75. The molecule has 1 atom stereocenters. The van der Waals surface area contributed by atoms with Crippen LogP contribution in [0.15, 0.2) is 30.6 Å². The van der Waals surface area contributed by atoms with Crippen LogP contribution in [0.25, 0.3) is 0 Å². The van der Waals surface area contributed by atoms with Gasteiger partial charge in [-0.15, -0.1) is 0 Å². The molecule has 3 nitrogen and oxygen atoms in total. The van der Waals surface area contributed by atoms with Crippen molar-refractivity contribution < 1.29 is 40.6 Å². The topological polar surface area (TPSA) is 42.4 Å². The molecule has 0 amide bonds. The van der Waals surface area contributed by atoms with E-state index in [0.29, 0.717) is 12.1 Å². The van der Waals surface area contributed by atoms with E-state index in [-0.39, 0.29) is 5.75 Å². The first-order chi connectivity index (χ1) is 11.6. The van der Waals surface area contributed by atoms with E-state index < -0.39 is 52.6 Å². The molecule has 1 aromatic heterocycles. The molecule has 0 saturated heterocycles. The molecule has 10 heteroatoms. The van der Waals surface area contributed by atoms with Crippen molar-refractivity contribution in [2.45, 2.75) is 24.4 Å². The van der Waals surface area contributed by atoms with Crippen LogP contribution in [0.4, 0.5) is 30.7 Å². The summed E-state index contributed by atoms with van der Waals surface area (Å²) in [5.74, 6) is -11.8. The lowest BCUT2D eigenvalue weighted by atomic mass is 10.0. The predicted molar refractivity (Wildman–Crippen MR) is 69.5 cm³/mol. The quantitative estimate of drug-likeness (QED) is 0.798. The number of benzene rings is 1. The lowest BCUT2D eigenvalue weighted by Gasteiger charge is -2.21. The van der Waals surface area contributed by atoms with Crippen molar-refractivity contribution in [1.29, 1.82) is 0 Å². The molecule has 1 aliphatic rings. The SMILES string of the molecule is OC1c2c(ccc(Oc3cncc(F)c3)c2C(F)F)C(F)(F)C1(F)F. The van der Waals surface area contributed by atoms with E-state index in [9.17, 15) is 35.8 Å². The van der Waals surface area contributed by atoms with Gasteiger partial charge in [0.05, 0.1) is 18.0 Å². The molecule has 0 aliphatic heterocycles. The van der Waals surface area contributed by atoms with Crippen molar-refractivity contribution in [2.75, 3.05) is 0 Å². The smallest absolute Gasteiger partial charge is 0.343 e. The van der Waals surface area contributed by atoms with E-state index in [4.69, 9.17) is 4.74 Å². The molecule has 0 fully saturated rings. The van der Waals surface area contributed by atoms with E-state index in [1.807, 2.05) is 0 Å². The molecule has 25 heavy (non-hydrogen) atoms. The number of aliphatic hydroxyl groups is 1. The van der Waals surface area contributed by atoms with Gasteiger partial charge in [-0.25, -0.2) is 13.2 Å². The van der Waals surface area contributed by atoms with Gasteiger partial charge >= 0.3 is 11.8 Å². The second kappa shape index (κ2) is 5.58. The molecule has 134 valence electrons. The summed E-state index contributed by atoms with van der Waals surface area (Å²) >= 11 is 0. The minimum absolute atomic E-state index is 0.354. The number of alkyl halides is 6. The third-order valence-corrected chi connectivity index (χ3v) is 3.75. The number of aromatic nitrogens is 1. The molecule has 0 spiro atoms. The first-order valence-electron chi connectivity index (χ1n) is 6.75. The summed E-state index contributed by atoms with van der Waals surface area (Å²) in [6.07, 6.45) is -4.90. The first-order valence-corrected chi connectivity index (χ1v) is 6.75. The Morgan fingerprint density at radius 3 is 2.40 bits per heavy atom. The van der Waals surface area contributed by atoms with Crippen LogP contribution in [0.3, 0.4) is 0 Å². The molecule has 1 heterocycles. The molecule has 1 aromatic carbocycles. The zero-order chi connectivity index (χ0) is 18.6. The normalized spacial score (nSPS) is 20.6. The molecule has 0 radical (unpaired) electrons. The van der Waals surface area contributed by atoms with Crippen molar-refractivity contribution in [3.63, 3.8) is 0 Å². The van der Waals surface area contributed by atoms with Gasteiger partial charge in [0.1, 0.15) is 17.3 Å². The van der Waals surface area contributed by atoms with E-state index in [1.165, 1.54) is 0 Å². The van der Waals surface area contributed by atoms with E-state index in [0.717, 1.165) is 18.5 Å². The van der Waals surface area contributed by atoms with E-state index >= 15 is 0 Å². The number of nitrogens with zero attached hydrogens (tertiary/aromatic N) is 1. The molecule has 1 unspecified atom stereocenters. The number of hydrogen-bond acceptors (Lipinski definition) is 3. The highest BCUT2D eigenvalue weighted by Gasteiger charge is 2.69. The van der Waals surface area contributed by atoms with E-state index in [2.05, 4.69) is 4.98 Å². The fourth-order valence-electron chi connectivity index (χ4n) is 2.61. The number of ether oxygens (including phenoxy) is 1. The van der Waals surface area contributed by atoms with Gasteiger partial charge in [-0.3, -0.25) is 4.98 Å². The Hall–Kier alpha value is -2.36. The molecule has 0 bridgehead atoms. The van der Waals surface area contributed by atoms with Crippen LogP contribution in [0, 0.1) is 5.82 Å². The molecular weight excluding hydrogens is 359 g/mol. The Morgan fingerprint density at radius 2 is 1.80 bits per heavy atom. The van der Waals surface area contributed by atoms with Gasteiger partial charge in [0.2, 0.25) is 0 Å². The molecule has 1 aliphatic carbocycles. The van der Waals surface area contributed by atoms with Crippen LogP contribution in [-0.2, 0) is 5.92 Å². The molecular formula is C15H8F7NO2. The fourth-order valence-corrected chi connectivity index (χ4v) is 2.61. The lowest BCUT2D eigenvalue weighted by Crippen LogP contribution is -2.36. The van der Waals surface area contributed by atoms with Crippen molar-refractivity contribution in [1.82, 2.24) is 4.98 Å². The highest BCUT2D eigenvalue weighted by atomic mass is 19.3. The number of aliphatic hydroxyl groups excluding tert-OH is 1. The molecule has 3 rings (SSSR count). The number of pyridine rings is 1. The van der Waals surface area contributed by atoms with Gasteiger partial charge in [-0.2, -0.15) is 17.6 Å². The van der Waals surface area contributed by atoms with Crippen molar-refractivity contribution >= 4 is 0 Å². The molecule has 0 saturated carbocycles. The molecule has 1 N–H and O–H groups in total. The summed E-state index contributed by atoms with van der Waals surface area (Å²) < 4.78 is 99.6. The second-order valence-electron chi connectivity index (χ2n) is 5.28. The Labute approximate surface area is 135 Å². The average Bonchev–Trinajstić information content (AvgIpc) is 2.65. The van der Waals surface area contributed by atoms with Crippen molar-refractivity contribution in [3.8, 4) is 11.5 Å². The maximum absolute atomic E-state index is 13.8. The fraction of sp³-hybridized carbons (Fsp3) is 0.267. The summed E-state index contributed by atoms with van der Waals surface area (Å²) in [6.45, 7) is 0. The van der Waals surface area contributed by atoms with Gasteiger partial charge < -0.3 is 9.84 Å². The monoisotopic (exact) mass is 367 g/mol. The Kier molecular flexibility index (Phi) is 3.90. The maximum Gasteiger partial charge on any atom is 0.343 e. The molecule has 2 aromatic rings. The predicted octanol–water partition coefficient (Wildman–Crippen LogP) is 4.72. The van der Waals surface area contributed by atoms with Crippen LogP contribution in [-0.4, -0.2) is 16.0 Å². The summed E-state index contributed by atoms with van der Waals surface area (Å²) in [7, 11) is 0. The first kappa shape index (κ1) is 17.5. The van der Waals surface area contributed by atoms with Crippen molar-refractivity contribution in [3.05, 3.63) is 53.1 Å². The minimum Gasteiger partial charge on any atom is -0.455 e.